The lowest BCUT2D eigenvalue weighted by Crippen LogP contribution is -2.56. The highest BCUT2D eigenvalue weighted by atomic mass is 32.2. The predicted molar refractivity (Wildman–Crippen MR) is 286 cm³/mol. The molecular weight excluding hydrogens is 1100 g/mol. The molecule has 0 unspecified atom stereocenters. The van der Waals surface area contributed by atoms with E-state index in [1.807, 2.05) is 0 Å². The molecule has 1 saturated carbocycles. The van der Waals surface area contributed by atoms with E-state index in [4.69, 9.17) is 19.9 Å². The van der Waals surface area contributed by atoms with Crippen molar-refractivity contribution in [2.24, 2.45) is 23.5 Å². The van der Waals surface area contributed by atoms with E-state index in [2.05, 4.69) is 30.8 Å². The number of piperazine rings is 1. The van der Waals surface area contributed by atoms with Crippen molar-refractivity contribution in [3.05, 3.63) is 83.4 Å². The molecule has 21 nitrogen and oxygen atoms in total. The van der Waals surface area contributed by atoms with E-state index in [1.165, 1.54) is 17.9 Å². The maximum absolute atomic E-state index is 15.5. The molecular formula is C55H71F5N10O11S. The fraction of sp³-hybridized carbons (Fsp3) is 0.600. The lowest BCUT2D eigenvalue weighted by Gasteiger charge is -2.42. The topological polar surface area (TPSA) is 265 Å². The number of rotatable bonds is 20. The van der Waals surface area contributed by atoms with Crippen molar-refractivity contribution < 1.29 is 73.3 Å². The number of benzene rings is 1. The number of likely N-dealkylation sites (tertiary alicyclic amines) is 2. The Kier molecular flexibility index (Phi) is 19.6. The van der Waals surface area contributed by atoms with Crippen LogP contribution in [0, 0.1) is 29.4 Å². The Labute approximate surface area is 472 Å². The van der Waals surface area contributed by atoms with Gasteiger partial charge in [0.2, 0.25) is 39.5 Å². The summed E-state index contributed by atoms with van der Waals surface area (Å²) >= 11 is 0. The van der Waals surface area contributed by atoms with Gasteiger partial charge < -0.3 is 45.7 Å². The van der Waals surface area contributed by atoms with Crippen LogP contribution in [0.3, 0.4) is 0 Å². The van der Waals surface area contributed by atoms with E-state index in [-0.39, 0.29) is 105 Å². The molecule has 0 spiro atoms. The van der Waals surface area contributed by atoms with Crippen LogP contribution >= 0.6 is 0 Å². The summed E-state index contributed by atoms with van der Waals surface area (Å²) in [4.78, 5) is 91.3. The summed E-state index contributed by atoms with van der Waals surface area (Å²) in [6, 6.07) is 6.50. The van der Waals surface area contributed by atoms with Crippen molar-refractivity contribution in [2.75, 3.05) is 78.0 Å². The van der Waals surface area contributed by atoms with Gasteiger partial charge in [0.1, 0.15) is 24.4 Å². The molecule has 1 aliphatic carbocycles. The number of hydrogen-bond acceptors (Lipinski definition) is 14. The number of carbonyl (C=O) groups excluding carboxylic acids is 6. The predicted octanol–water partition coefficient (Wildman–Crippen LogP) is 4.06. The number of nitrogens with two attached hydrogens (primary N) is 1. The standard InChI is InChI=1S/C55H71F5N10O11S/c1-32-44(48(81-54(32,3)55(58,59)60)52(75)66-36-14-19-63-42(29-36)49(61)72)39-12-13-41(56)45(57)47(39)80-28-27-79-26-6-18-64-50(73)34-8-10-37(11-9-34)68-22-24-70(25-23-68)82(77,78)38-15-20-69(21-16-38)53(76)33(2)65-51(74)40-30-43(71)67(4)46(40)35-7-5-17-62-31-35/h5,7,12-14,17,19,29,31-34,37-38,40,44,46,48H,6,8-11,15-16,18,20-28,30H2,1-4H3,(H2,61,72)(H,64,73)(H,65,74)(H,63,66,75)/t32-,33-,34?,37?,40-,44-,46+,48+,54+/m0/s1. The summed E-state index contributed by atoms with van der Waals surface area (Å²) in [5, 5.41) is 7.50. The number of nitrogens with one attached hydrogen (secondary N) is 3. The number of anilines is 1. The Balaban J connectivity index is 0.724. The number of hydrogen-bond donors (Lipinski definition) is 4. The summed E-state index contributed by atoms with van der Waals surface area (Å²) in [5.74, 6) is -10.5. The lowest BCUT2D eigenvalue weighted by molar-refractivity contribution is -0.272. The first-order valence-electron chi connectivity index (χ1n) is 27.7. The van der Waals surface area contributed by atoms with Crippen molar-refractivity contribution in [1.82, 2.24) is 39.6 Å². The number of carbonyl (C=O) groups is 6. The van der Waals surface area contributed by atoms with Crippen LogP contribution in [0.4, 0.5) is 27.6 Å². The van der Waals surface area contributed by atoms with E-state index in [1.54, 1.807) is 47.7 Å². The van der Waals surface area contributed by atoms with Gasteiger partial charge in [-0.3, -0.25) is 43.6 Å². The molecule has 3 aromatic rings. The minimum atomic E-state index is -5.00. The molecule has 6 heterocycles. The number of ether oxygens (including phenoxy) is 3. The van der Waals surface area contributed by atoms with E-state index in [0.29, 0.717) is 45.4 Å². The Morgan fingerprint density at radius 2 is 1.62 bits per heavy atom. The third-order valence-corrected chi connectivity index (χ3v) is 19.4. The number of alkyl halides is 3. The number of amides is 6. The quantitative estimate of drug-likeness (QED) is 0.0919. The number of primary amides is 1. The maximum Gasteiger partial charge on any atom is 0.417 e. The number of piperidine rings is 1. The average Bonchev–Trinajstić information content (AvgIpc) is 4.08. The number of pyridine rings is 2. The van der Waals surface area contributed by atoms with Gasteiger partial charge in [0.25, 0.3) is 11.8 Å². The molecule has 5 N–H and O–H groups in total. The summed E-state index contributed by atoms with van der Waals surface area (Å²) in [5.41, 5.74) is 2.58. The largest absolute Gasteiger partial charge is 0.488 e. The molecule has 4 aliphatic heterocycles. The van der Waals surface area contributed by atoms with Gasteiger partial charge in [0.15, 0.2) is 17.2 Å². The van der Waals surface area contributed by atoms with Crippen LogP contribution in [0.5, 0.6) is 5.75 Å². The van der Waals surface area contributed by atoms with Gasteiger partial charge in [-0.15, -0.1) is 0 Å². The van der Waals surface area contributed by atoms with Gasteiger partial charge in [0, 0.05) is 120 Å². The van der Waals surface area contributed by atoms with Gasteiger partial charge in [-0.05, 0) is 88.6 Å². The molecule has 4 saturated heterocycles. The Bertz CT molecular complexity index is 2930. The normalized spacial score (nSPS) is 26.3. The molecule has 6 amide bonds. The van der Waals surface area contributed by atoms with Crippen molar-refractivity contribution >= 4 is 51.2 Å². The molecule has 2 aromatic heterocycles. The van der Waals surface area contributed by atoms with Crippen LogP contribution in [-0.4, -0.2) is 181 Å². The molecule has 8 rings (SSSR count). The zero-order valence-electron chi connectivity index (χ0n) is 46.2. The Morgan fingerprint density at radius 1 is 0.915 bits per heavy atom. The van der Waals surface area contributed by atoms with Gasteiger partial charge in [-0.25, -0.2) is 12.8 Å². The summed E-state index contributed by atoms with van der Waals surface area (Å²) in [6.07, 6.45) is 1.25. The molecule has 0 bridgehead atoms. The highest BCUT2D eigenvalue weighted by molar-refractivity contribution is 7.89. The smallest absolute Gasteiger partial charge is 0.417 e. The number of aromatic nitrogens is 2. The van der Waals surface area contributed by atoms with Gasteiger partial charge in [-0.1, -0.05) is 19.1 Å². The van der Waals surface area contributed by atoms with Gasteiger partial charge in [0.05, 0.1) is 23.8 Å². The highest BCUT2D eigenvalue weighted by Gasteiger charge is 2.66. The van der Waals surface area contributed by atoms with Crippen LogP contribution < -0.4 is 26.4 Å². The Hall–Kier alpha value is -6.42. The molecule has 1 aromatic carbocycles. The van der Waals surface area contributed by atoms with E-state index >= 15 is 4.39 Å². The van der Waals surface area contributed by atoms with Gasteiger partial charge >= 0.3 is 6.18 Å². The van der Waals surface area contributed by atoms with E-state index in [9.17, 15) is 54.7 Å². The van der Waals surface area contributed by atoms with Crippen LogP contribution in [0.1, 0.15) is 106 Å². The van der Waals surface area contributed by atoms with Crippen molar-refractivity contribution in [2.45, 2.75) is 119 Å². The zero-order valence-corrected chi connectivity index (χ0v) is 47.0. The number of halogens is 5. The summed E-state index contributed by atoms with van der Waals surface area (Å²) < 4.78 is 120. The van der Waals surface area contributed by atoms with Crippen LogP contribution in [0.2, 0.25) is 0 Å². The minimum absolute atomic E-state index is 0.00382. The van der Waals surface area contributed by atoms with Crippen molar-refractivity contribution in [1.29, 1.82) is 0 Å². The maximum atomic E-state index is 15.5. The fourth-order valence-corrected chi connectivity index (χ4v) is 14.0. The lowest BCUT2D eigenvalue weighted by atomic mass is 9.77. The second-order valence-electron chi connectivity index (χ2n) is 21.9. The number of nitrogens with zero attached hydrogens (tertiary/aromatic N) is 6. The van der Waals surface area contributed by atoms with Crippen molar-refractivity contribution in [3.8, 4) is 5.75 Å². The monoisotopic (exact) mass is 1170 g/mol. The molecule has 0 radical (unpaired) electrons. The second-order valence-corrected chi connectivity index (χ2v) is 24.1. The van der Waals surface area contributed by atoms with E-state index < -0.39 is 98.1 Å². The minimum Gasteiger partial charge on any atom is -0.488 e. The third-order valence-electron chi connectivity index (χ3n) is 17.0. The molecule has 448 valence electrons. The third kappa shape index (κ3) is 13.5. The summed E-state index contributed by atoms with van der Waals surface area (Å²) in [7, 11) is -2.01. The van der Waals surface area contributed by atoms with Crippen molar-refractivity contribution in [3.63, 3.8) is 0 Å². The molecule has 27 heteroatoms. The molecule has 5 fully saturated rings. The van der Waals surface area contributed by atoms with E-state index in [0.717, 1.165) is 49.7 Å². The fourth-order valence-electron chi connectivity index (χ4n) is 12.0. The Morgan fingerprint density at radius 3 is 2.28 bits per heavy atom. The number of sulfonamides is 1. The first kappa shape index (κ1) is 61.6. The second kappa shape index (κ2) is 26.0. The highest BCUT2D eigenvalue weighted by Crippen LogP contribution is 2.55. The average molecular weight is 1180 g/mol. The van der Waals surface area contributed by atoms with Crippen LogP contribution in [0.25, 0.3) is 0 Å². The zero-order chi connectivity index (χ0) is 59.3. The van der Waals surface area contributed by atoms with Crippen LogP contribution in [0.15, 0.2) is 55.0 Å². The SMILES string of the molecule is C[C@H](NC(=O)[C@H]1CC(=O)N(C)[C@@H]1c1cccnc1)C(=O)N1CCC(S(=O)(=O)N2CCN(C3CCC(C(=O)NCCCOCCOc4c([C@H]5[C@H](C(=O)Nc6ccnc(C(N)=O)c6)O[C@@](C)(C(F)(F)F)[C@H]5C)ccc(F)c4F)CC3)CC2)CC1. The van der Waals surface area contributed by atoms with Crippen LogP contribution in [-0.2, 0) is 43.5 Å². The first-order chi connectivity index (χ1) is 38.9. The molecule has 82 heavy (non-hydrogen) atoms. The van der Waals surface area contributed by atoms with Gasteiger partial charge in [-0.2, -0.15) is 21.9 Å². The molecule has 5 aliphatic rings. The molecule has 7 atom stereocenters. The summed E-state index contributed by atoms with van der Waals surface area (Å²) in [6.45, 7) is 5.67. The first-order valence-corrected chi connectivity index (χ1v) is 29.2.